The molecule has 3 aromatic rings. The molecule has 31 heavy (non-hydrogen) atoms. The van der Waals surface area contributed by atoms with Crippen molar-refractivity contribution in [3.63, 3.8) is 0 Å². The molecule has 6 heteroatoms. The van der Waals surface area contributed by atoms with Crippen LogP contribution in [-0.4, -0.2) is 24.0 Å². The van der Waals surface area contributed by atoms with Crippen LogP contribution in [0.1, 0.15) is 46.5 Å². The smallest absolute Gasteiger partial charge is 0.254 e. The summed E-state index contributed by atoms with van der Waals surface area (Å²) in [5, 5.41) is 2.02. The molecule has 162 valence electrons. The number of carbonyl (C=O) groups excluding carboxylic acids is 1. The lowest BCUT2D eigenvalue weighted by Crippen LogP contribution is -2.38. The zero-order chi connectivity index (χ0) is 21.6. The number of nitrogens with zero attached hydrogens (tertiary/aromatic N) is 1. The lowest BCUT2D eigenvalue weighted by atomic mass is 10.1. The second-order valence-electron chi connectivity index (χ2n) is 7.73. The Morgan fingerprint density at radius 2 is 1.94 bits per heavy atom. The van der Waals surface area contributed by atoms with Crippen molar-refractivity contribution in [1.29, 1.82) is 0 Å². The minimum atomic E-state index is -0.397. The topological polar surface area (TPSA) is 38.8 Å². The summed E-state index contributed by atoms with van der Waals surface area (Å²) in [5.41, 5.74) is 1.34. The molecule has 1 aliphatic rings. The minimum Gasteiger partial charge on any atom is -0.493 e. The van der Waals surface area contributed by atoms with Crippen LogP contribution in [0.4, 0.5) is 4.39 Å². The summed E-state index contributed by atoms with van der Waals surface area (Å²) in [5.74, 6) is 0.774. The minimum absolute atomic E-state index is 0.136. The van der Waals surface area contributed by atoms with E-state index >= 15 is 0 Å². The maximum atomic E-state index is 13.7. The fourth-order valence-electron chi connectivity index (χ4n) is 4.04. The van der Waals surface area contributed by atoms with Gasteiger partial charge in [0.1, 0.15) is 12.4 Å². The summed E-state index contributed by atoms with van der Waals surface area (Å²) in [7, 11) is 1.62. The van der Waals surface area contributed by atoms with Gasteiger partial charge in [0.25, 0.3) is 5.91 Å². The monoisotopic (exact) mass is 439 g/mol. The van der Waals surface area contributed by atoms with Gasteiger partial charge in [0.2, 0.25) is 0 Å². The molecule has 0 bridgehead atoms. The third-order valence-corrected chi connectivity index (χ3v) is 6.48. The van der Waals surface area contributed by atoms with Gasteiger partial charge < -0.3 is 14.4 Å². The third kappa shape index (κ3) is 5.25. The Hall–Kier alpha value is -2.86. The molecule has 0 aliphatic heterocycles. The Morgan fingerprint density at radius 1 is 1.10 bits per heavy atom. The molecule has 0 unspecified atom stereocenters. The quantitative estimate of drug-likeness (QED) is 0.428. The fourth-order valence-corrected chi connectivity index (χ4v) is 4.66. The van der Waals surface area contributed by atoms with Crippen LogP contribution in [-0.2, 0) is 13.2 Å². The van der Waals surface area contributed by atoms with Crippen LogP contribution in [0.15, 0.2) is 60.0 Å². The molecule has 2 aromatic carbocycles. The van der Waals surface area contributed by atoms with Gasteiger partial charge in [-0.2, -0.15) is 0 Å². The van der Waals surface area contributed by atoms with Gasteiger partial charge in [-0.05, 0) is 60.2 Å². The Balaban J connectivity index is 1.57. The lowest BCUT2D eigenvalue weighted by Gasteiger charge is -2.29. The first-order chi connectivity index (χ1) is 15.1. The molecule has 1 saturated carbocycles. The van der Waals surface area contributed by atoms with E-state index in [1.54, 1.807) is 30.6 Å². The first-order valence-electron chi connectivity index (χ1n) is 10.5. The number of methoxy groups -OCH3 is 1. The van der Waals surface area contributed by atoms with E-state index in [-0.39, 0.29) is 11.9 Å². The zero-order valence-electron chi connectivity index (χ0n) is 17.6. The summed E-state index contributed by atoms with van der Waals surface area (Å²) in [6.45, 7) is 0.908. The number of amides is 1. The van der Waals surface area contributed by atoms with E-state index in [2.05, 4.69) is 0 Å². The largest absolute Gasteiger partial charge is 0.493 e. The highest BCUT2D eigenvalue weighted by Crippen LogP contribution is 2.32. The lowest BCUT2D eigenvalue weighted by molar-refractivity contribution is 0.0663. The molecule has 0 saturated heterocycles. The third-order valence-electron chi connectivity index (χ3n) is 5.63. The van der Waals surface area contributed by atoms with E-state index in [0.29, 0.717) is 30.2 Å². The van der Waals surface area contributed by atoms with Crippen molar-refractivity contribution in [2.75, 3.05) is 7.11 Å². The number of thiophene rings is 1. The summed E-state index contributed by atoms with van der Waals surface area (Å²) in [6.07, 6.45) is 4.16. The van der Waals surface area contributed by atoms with Crippen molar-refractivity contribution >= 4 is 17.2 Å². The highest BCUT2D eigenvalue weighted by Gasteiger charge is 2.28. The molecule has 4 rings (SSSR count). The van der Waals surface area contributed by atoms with E-state index in [4.69, 9.17) is 9.47 Å². The second-order valence-corrected chi connectivity index (χ2v) is 8.77. The summed E-state index contributed by atoms with van der Waals surface area (Å²) in [6, 6.07) is 15.9. The van der Waals surface area contributed by atoms with Crippen LogP contribution in [0.25, 0.3) is 0 Å². The molecule has 4 nitrogen and oxygen atoms in total. The van der Waals surface area contributed by atoms with Gasteiger partial charge in [0.05, 0.1) is 7.11 Å². The first-order valence-corrected chi connectivity index (χ1v) is 11.4. The maximum Gasteiger partial charge on any atom is 0.254 e. The van der Waals surface area contributed by atoms with Crippen molar-refractivity contribution in [1.82, 2.24) is 4.90 Å². The molecule has 0 atom stereocenters. The summed E-state index contributed by atoms with van der Waals surface area (Å²) in [4.78, 5) is 16.3. The predicted octanol–water partition coefficient (Wildman–Crippen LogP) is 6.06. The Labute approximate surface area is 186 Å². The van der Waals surface area contributed by atoms with Gasteiger partial charge in [-0.1, -0.05) is 31.0 Å². The molecule has 1 fully saturated rings. The van der Waals surface area contributed by atoms with Gasteiger partial charge >= 0.3 is 0 Å². The van der Waals surface area contributed by atoms with E-state index in [9.17, 15) is 9.18 Å². The number of hydrogen-bond acceptors (Lipinski definition) is 4. The predicted molar refractivity (Wildman–Crippen MR) is 120 cm³/mol. The zero-order valence-corrected chi connectivity index (χ0v) is 18.4. The van der Waals surface area contributed by atoms with Gasteiger partial charge in [-0.3, -0.25) is 4.79 Å². The van der Waals surface area contributed by atoms with E-state index < -0.39 is 5.82 Å². The SMILES string of the molecule is COc1ccc(CN(C(=O)c2cccc(F)c2)C2CCCC2)cc1OCc1cccs1. The molecule has 1 aliphatic carbocycles. The molecule has 1 heterocycles. The van der Waals surface area contributed by atoms with Gasteiger partial charge in [-0.25, -0.2) is 4.39 Å². The van der Waals surface area contributed by atoms with Crippen molar-refractivity contribution in [2.45, 2.75) is 44.9 Å². The average Bonchev–Trinajstić information content (AvgIpc) is 3.50. The number of hydrogen-bond donors (Lipinski definition) is 0. The Kier molecular flexibility index (Phi) is 6.87. The fraction of sp³-hybridized carbons (Fsp3) is 0.320. The number of carbonyl (C=O) groups is 1. The Morgan fingerprint density at radius 3 is 2.65 bits per heavy atom. The van der Waals surface area contributed by atoms with Crippen molar-refractivity contribution in [3.8, 4) is 11.5 Å². The molecule has 1 amide bonds. The van der Waals surface area contributed by atoms with Gasteiger partial charge in [0, 0.05) is 23.0 Å². The molecule has 0 N–H and O–H groups in total. The van der Waals surface area contributed by atoms with E-state index in [0.717, 1.165) is 36.1 Å². The van der Waals surface area contributed by atoms with Crippen LogP contribution in [0.5, 0.6) is 11.5 Å². The van der Waals surface area contributed by atoms with Crippen LogP contribution in [0.2, 0.25) is 0 Å². The molecular formula is C25H26FNO3S. The van der Waals surface area contributed by atoms with Crippen molar-refractivity contribution < 1.29 is 18.7 Å². The van der Waals surface area contributed by atoms with E-state index in [1.165, 1.54) is 12.1 Å². The Bertz CT molecular complexity index is 1020. The average molecular weight is 440 g/mol. The maximum absolute atomic E-state index is 13.7. The molecule has 1 aromatic heterocycles. The van der Waals surface area contributed by atoms with Crippen LogP contribution in [0, 0.1) is 5.82 Å². The van der Waals surface area contributed by atoms with Crippen LogP contribution >= 0.6 is 11.3 Å². The molecule has 0 radical (unpaired) electrons. The van der Waals surface area contributed by atoms with Crippen molar-refractivity contribution in [2.24, 2.45) is 0 Å². The summed E-state index contributed by atoms with van der Waals surface area (Å²) >= 11 is 1.64. The van der Waals surface area contributed by atoms with Gasteiger partial charge in [0.15, 0.2) is 11.5 Å². The molecule has 0 spiro atoms. The normalized spacial score (nSPS) is 13.9. The summed E-state index contributed by atoms with van der Waals surface area (Å²) < 4.78 is 25.2. The van der Waals surface area contributed by atoms with E-state index in [1.807, 2.05) is 40.6 Å². The number of rotatable bonds is 8. The van der Waals surface area contributed by atoms with Crippen LogP contribution < -0.4 is 9.47 Å². The standard InChI is InChI=1S/C25H26FNO3S/c1-29-23-12-11-18(14-24(23)30-17-22-10-5-13-31-22)16-27(21-8-2-3-9-21)25(28)19-6-4-7-20(26)15-19/h4-7,10-15,21H,2-3,8-9,16-17H2,1H3. The van der Waals surface area contributed by atoms with Crippen LogP contribution in [0.3, 0.4) is 0 Å². The van der Waals surface area contributed by atoms with Gasteiger partial charge in [-0.15, -0.1) is 11.3 Å². The molecular weight excluding hydrogens is 413 g/mol. The highest BCUT2D eigenvalue weighted by molar-refractivity contribution is 7.09. The number of halogens is 1. The van der Waals surface area contributed by atoms with Crippen molar-refractivity contribution in [3.05, 3.63) is 81.8 Å². The second kappa shape index (κ2) is 9.96. The first kappa shape index (κ1) is 21.4. The number of ether oxygens (including phenoxy) is 2. The highest BCUT2D eigenvalue weighted by atomic mass is 32.1. The number of benzene rings is 2.